The number of fused-ring (bicyclic) bond motifs is 1. The largest absolute Gasteiger partial charge is 0.480 e. The van der Waals surface area contributed by atoms with Gasteiger partial charge in [-0.15, -0.1) is 0 Å². The fourth-order valence-electron chi connectivity index (χ4n) is 2.20. The Balaban J connectivity index is 2.20. The Hall–Kier alpha value is -2.96. The van der Waals surface area contributed by atoms with Crippen molar-refractivity contribution in [2.75, 3.05) is 6.54 Å². The standard InChI is InChI=1S/C14H10N2O5/c1-7(17)16-6-10(18)15-11(13(16)19)12-8-4-2-3-5-9(8)14(20)21-12/h2-5,20H,6H2,1H3. The minimum Gasteiger partial charge on any atom is -0.480 e. The van der Waals surface area contributed by atoms with Crippen LogP contribution in [0.1, 0.15) is 12.7 Å². The number of rotatable bonds is 1. The summed E-state index contributed by atoms with van der Waals surface area (Å²) in [6, 6.07) is 6.62. The van der Waals surface area contributed by atoms with Gasteiger partial charge in [-0.05, 0) is 6.07 Å². The average Bonchev–Trinajstić information content (AvgIpc) is 2.78. The molecule has 1 aromatic heterocycles. The van der Waals surface area contributed by atoms with Gasteiger partial charge in [0.05, 0.1) is 5.39 Å². The normalized spacial score (nSPS) is 15.5. The van der Waals surface area contributed by atoms with Crippen LogP contribution in [0.5, 0.6) is 5.95 Å². The number of amides is 3. The molecule has 2 heterocycles. The predicted molar refractivity (Wildman–Crippen MR) is 71.8 cm³/mol. The van der Waals surface area contributed by atoms with Crippen molar-refractivity contribution < 1.29 is 23.9 Å². The van der Waals surface area contributed by atoms with Crippen LogP contribution in [0.2, 0.25) is 0 Å². The zero-order chi connectivity index (χ0) is 15.1. The Labute approximate surface area is 118 Å². The van der Waals surface area contributed by atoms with Crippen molar-refractivity contribution in [2.45, 2.75) is 6.92 Å². The SMILES string of the molecule is CC(=O)N1CC(=O)N=C(c2oc(O)c3ccccc23)C1=O. The molecule has 3 rings (SSSR count). The zero-order valence-electron chi connectivity index (χ0n) is 11.0. The van der Waals surface area contributed by atoms with E-state index in [2.05, 4.69) is 4.99 Å². The second kappa shape index (κ2) is 4.55. The lowest BCUT2D eigenvalue weighted by Gasteiger charge is -2.21. The minimum absolute atomic E-state index is 0.0209. The van der Waals surface area contributed by atoms with Gasteiger partial charge in [-0.25, -0.2) is 4.99 Å². The molecule has 106 valence electrons. The van der Waals surface area contributed by atoms with E-state index in [1.54, 1.807) is 24.3 Å². The number of imide groups is 1. The van der Waals surface area contributed by atoms with Crippen LogP contribution in [-0.4, -0.2) is 40.0 Å². The molecule has 2 aromatic rings. The molecule has 7 heteroatoms. The lowest BCUT2D eigenvalue weighted by Crippen LogP contribution is -2.46. The smallest absolute Gasteiger partial charge is 0.290 e. The van der Waals surface area contributed by atoms with Gasteiger partial charge in [-0.2, -0.15) is 0 Å². The molecule has 0 unspecified atom stereocenters. The predicted octanol–water partition coefficient (Wildman–Crippen LogP) is 0.843. The third-order valence-electron chi connectivity index (χ3n) is 3.17. The van der Waals surface area contributed by atoms with Crippen LogP contribution >= 0.6 is 0 Å². The number of carbonyl (C=O) groups is 3. The van der Waals surface area contributed by atoms with Crippen molar-refractivity contribution in [2.24, 2.45) is 4.99 Å². The second-order valence-electron chi connectivity index (χ2n) is 4.55. The molecular weight excluding hydrogens is 276 g/mol. The Morgan fingerprint density at radius 2 is 1.95 bits per heavy atom. The van der Waals surface area contributed by atoms with Crippen molar-refractivity contribution in [3.63, 3.8) is 0 Å². The molecule has 0 saturated heterocycles. The van der Waals surface area contributed by atoms with Crippen molar-refractivity contribution in [1.82, 2.24) is 4.90 Å². The number of furan rings is 1. The molecule has 3 amide bonds. The molecule has 0 atom stereocenters. The highest BCUT2D eigenvalue weighted by molar-refractivity contribution is 6.50. The van der Waals surface area contributed by atoms with Crippen molar-refractivity contribution >= 4 is 34.2 Å². The van der Waals surface area contributed by atoms with Crippen LogP contribution in [0.3, 0.4) is 0 Å². The molecule has 1 N–H and O–H groups in total. The number of nitrogens with zero attached hydrogens (tertiary/aromatic N) is 2. The summed E-state index contributed by atoms with van der Waals surface area (Å²) >= 11 is 0. The Bertz CT molecular complexity index is 818. The topological polar surface area (TPSA) is 100 Å². The van der Waals surface area contributed by atoms with E-state index >= 15 is 0 Å². The molecule has 1 aliphatic rings. The highest BCUT2D eigenvalue weighted by Gasteiger charge is 2.34. The molecule has 0 aliphatic carbocycles. The Kier molecular flexibility index (Phi) is 2.83. The maximum atomic E-state index is 12.2. The minimum atomic E-state index is -0.721. The van der Waals surface area contributed by atoms with Crippen molar-refractivity contribution in [3.8, 4) is 5.95 Å². The summed E-state index contributed by atoms with van der Waals surface area (Å²) in [6.45, 7) is 0.800. The van der Waals surface area contributed by atoms with Gasteiger partial charge in [0.15, 0.2) is 11.5 Å². The number of carbonyl (C=O) groups excluding carboxylic acids is 3. The van der Waals surface area contributed by atoms with E-state index in [9.17, 15) is 19.5 Å². The molecule has 0 spiro atoms. The lowest BCUT2D eigenvalue weighted by molar-refractivity contribution is -0.143. The molecule has 0 saturated carbocycles. The summed E-state index contributed by atoms with van der Waals surface area (Å²) < 4.78 is 5.17. The summed E-state index contributed by atoms with van der Waals surface area (Å²) in [4.78, 5) is 39.7. The van der Waals surface area contributed by atoms with Gasteiger partial charge in [0.2, 0.25) is 5.91 Å². The molecule has 1 aliphatic heterocycles. The summed E-state index contributed by atoms with van der Waals surface area (Å²) in [5, 5.41) is 10.6. The number of hydrogen-bond acceptors (Lipinski definition) is 5. The van der Waals surface area contributed by atoms with Gasteiger partial charge in [0, 0.05) is 12.3 Å². The van der Waals surface area contributed by atoms with E-state index < -0.39 is 17.7 Å². The van der Waals surface area contributed by atoms with Gasteiger partial charge < -0.3 is 9.52 Å². The van der Waals surface area contributed by atoms with Crippen molar-refractivity contribution in [1.29, 1.82) is 0 Å². The lowest BCUT2D eigenvalue weighted by atomic mass is 10.1. The third kappa shape index (κ3) is 1.99. The zero-order valence-corrected chi connectivity index (χ0v) is 11.0. The van der Waals surface area contributed by atoms with E-state index in [4.69, 9.17) is 4.42 Å². The molecular formula is C14H10N2O5. The third-order valence-corrected chi connectivity index (χ3v) is 3.17. The van der Waals surface area contributed by atoms with Crippen LogP contribution in [0, 0.1) is 0 Å². The number of hydrogen-bond donors (Lipinski definition) is 1. The fraction of sp³-hybridized carbons (Fsp3) is 0.143. The van der Waals surface area contributed by atoms with Crippen LogP contribution in [0.4, 0.5) is 0 Å². The van der Waals surface area contributed by atoms with E-state index in [1.165, 1.54) is 6.92 Å². The summed E-state index contributed by atoms with van der Waals surface area (Å²) in [5.74, 6) is -2.29. The number of aliphatic imine (C=N–C) groups is 1. The van der Waals surface area contributed by atoms with Gasteiger partial charge in [-0.1, -0.05) is 18.2 Å². The molecule has 7 nitrogen and oxygen atoms in total. The van der Waals surface area contributed by atoms with E-state index in [1.807, 2.05) is 0 Å². The molecule has 0 bridgehead atoms. The van der Waals surface area contributed by atoms with E-state index in [0.717, 1.165) is 4.90 Å². The highest BCUT2D eigenvalue weighted by Crippen LogP contribution is 2.32. The Morgan fingerprint density at radius 1 is 1.29 bits per heavy atom. The van der Waals surface area contributed by atoms with Crippen molar-refractivity contribution in [3.05, 3.63) is 30.0 Å². The van der Waals surface area contributed by atoms with Gasteiger partial charge in [-0.3, -0.25) is 19.3 Å². The number of aromatic hydroxyl groups is 1. The van der Waals surface area contributed by atoms with Crippen LogP contribution < -0.4 is 0 Å². The van der Waals surface area contributed by atoms with Crippen LogP contribution in [0.15, 0.2) is 33.7 Å². The van der Waals surface area contributed by atoms with Gasteiger partial charge in [0.25, 0.3) is 17.8 Å². The fourth-order valence-corrected chi connectivity index (χ4v) is 2.20. The van der Waals surface area contributed by atoms with Gasteiger partial charge in [0.1, 0.15) is 6.54 Å². The Morgan fingerprint density at radius 3 is 2.62 bits per heavy atom. The first kappa shape index (κ1) is 13.0. The average molecular weight is 286 g/mol. The first-order valence-corrected chi connectivity index (χ1v) is 6.14. The summed E-state index contributed by atoms with van der Waals surface area (Å²) in [7, 11) is 0. The highest BCUT2D eigenvalue weighted by atomic mass is 16.5. The quantitative estimate of drug-likeness (QED) is 0.837. The first-order chi connectivity index (χ1) is 9.99. The molecule has 21 heavy (non-hydrogen) atoms. The van der Waals surface area contributed by atoms with Gasteiger partial charge >= 0.3 is 0 Å². The maximum Gasteiger partial charge on any atom is 0.290 e. The molecule has 1 aromatic carbocycles. The molecule has 0 fully saturated rings. The van der Waals surface area contributed by atoms with E-state index in [-0.39, 0.29) is 24.0 Å². The second-order valence-corrected chi connectivity index (χ2v) is 4.55. The van der Waals surface area contributed by atoms with Crippen LogP contribution in [-0.2, 0) is 14.4 Å². The molecule has 0 radical (unpaired) electrons. The maximum absolute atomic E-state index is 12.2. The number of benzene rings is 1. The first-order valence-electron chi connectivity index (χ1n) is 6.14. The summed E-state index contributed by atoms with van der Waals surface area (Å²) in [5.41, 5.74) is -0.280. The monoisotopic (exact) mass is 286 g/mol. The van der Waals surface area contributed by atoms with Crippen LogP contribution in [0.25, 0.3) is 10.8 Å². The summed E-state index contributed by atoms with van der Waals surface area (Å²) in [6.07, 6.45) is 0. The van der Waals surface area contributed by atoms with E-state index in [0.29, 0.717) is 10.8 Å².